The first-order chi connectivity index (χ1) is 15.6. The van der Waals surface area contributed by atoms with Gasteiger partial charge in [0.1, 0.15) is 12.4 Å². The van der Waals surface area contributed by atoms with Gasteiger partial charge in [-0.05, 0) is 59.2 Å². The van der Waals surface area contributed by atoms with Crippen molar-refractivity contribution in [2.24, 2.45) is 4.99 Å². The highest BCUT2D eigenvalue weighted by molar-refractivity contribution is 6.13. The number of fused-ring (bicyclic) bond motifs is 1. The molecule has 156 valence electrons. The Bertz CT molecular complexity index is 1380. The summed E-state index contributed by atoms with van der Waals surface area (Å²) in [7, 11) is 0. The van der Waals surface area contributed by atoms with Crippen molar-refractivity contribution in [3.05, 3.63) is 119 Å². The van der Waals surface area contributed by atoms with Crippen LogP contribution in [0, 0.1) is 6.92 Å². The lowest BCUT2D eigenvalue weighted by molar-refractivity contribution is -0.129. The van der Waals surface area contributed by atoms with Gasteiger partial charge < -0.3 is 9.47 Å². The van der Waals surface area contributed by atoms with E-state index < -0.39 is 5.97 Å². The van der Waals surface area contributed by atoms with Crippen LogP contribution in [-0.4, -0.2) is 11.9 Å². The van der Waals surface area contributed by atoms with E-state index in [0.29, 0.717) is 12.5 Å². The Morgan fingerprint density at radius 3 is 2.59 bits per heavy atom. The minimum absolute atomic E-state index is 0.268. The summed E-state index contributed by atoms with van der Waals surface area (Å²) in [6.45, 7) is 2.54. The summed E-state index contributed by atoms with van der Waals surface area (Å²) < 4.78 is 11.4. The lowest BCUT2D eigenvalue weighted by atomic mass is 10.1. The highest BCUT2D eigenvalue weighted by Crippen LogP contribution is 2.24. The van der Waals surface area contributed by atoms with E-state index in [0.717, 1.165) is 33.2 Å². The Hall–Kier alpha value is -4.18. The topological polar surface area (TPSA) is 47.9 Å². The molecule has 5 rings (SSSR count). The molecule has 0 saturated heterocycles. The van der Waals surface area contributed by atoms with Crippen LogP contribution in [0.4, 0.5) is 0 Å². The van der Waals surface area contributed by atoms with Gasteiger partial charge in [0.25, 0.3) is 0 Å². The number of ether oxygens (including phenoxy) is 2. The van der Waals surface area contributed by atoms with Gasteiger partial charge in [-0.1, -0.05) is 72.3 Å². The number of hydrogen-bond donors (Lipinski definition) is 0. The largest absolute Gasteiger partial charge is 0.489 e. The molecule has 4 nitrogen and oxygen atoms in total. The highest BCUT2D eigenvalue weighted by atomic mass is 16.6. The van der Waals surface area contributed by atoms with E-state index in [1.54, 1.807) is 6.08 Å². The van der Waals surface area contributed by atoms with Crippen molar-refractivity contribution in [3.63, 3.8) is 0 Å². The number of hydrogen-bond acceptors (Lipinski definition) is 4. The van der Waals surface area contributed by atoms with Gasteiger partial charge in [0.05, 0.1) is 0 Å². The molecule has 0 fully saturated rings. The first-order valence-corrected chi connectivity index (χ1v) is 10.4. The van der Waals surface area contributed by atoms with E-state index in [1.807, 2.05) is 78.9 Å². The van der Waals surface area contributed by atoms with Crippen LogP contribution in [0.15, 0.2) is 102 Å². The molecule has 0 bridgehead atoms. The Morgan fingerprint density at radius 2 is 1.72 bits per heavy atom. The Balaban J connectivity index is 1.36. The van der Waals surface area contributed by atoms with Crippen molar-refractivity contribution in [2.45, 2.75) is 13.5 Å². The SMILES string of the molecule is Cc1cccc(COc2cccc(/C=C3\N=C(c4ccc5ccccc5c4)OC3=O)c2)c1. The zero-order valence-electron chi connectivity index (χ0n) is 17.6. The molecule has 1 aliphatic rings. The monoisotopic (exact) mass is 419 g/mol. The number of aryl methyl sites for hydroxylation is 1. The first-order valence-electron chi connectivity index (χ1n) is 10.4. The molecular weight excluding hydrogens is 398 g/mol. The second-order valence-corrected chi connectivity index (χ2v) is 7.75. The van der Waals surface area contributed by atoms with Gasteiger partial charge in [0.2, 0.25) is 5.90 Å². The summed E-state index contributed by atoms with van der Waals surface area (Å²) in [4.78, 5) is 16.9. The van der Waals surface area contributed by atoms with Gasteiger partial charge in [-0.3, -0.25) is 0 Å². The van der Waals surface area contributed by atoms with E-state index in [9.17, 15) is 4.79 Å². The summed E-state index contributed by atoms with van der Waals surface area (Å²) in [5, 5.41) is 2.19. The molecular formula is C28H21NO3. The molecule has 0 unspecified atom stereocenters. The predicted molar refractivity (Wildman–Crippen MR) is 127 cm³/mol. The third kappa shape index (κ3) is 4.30. The fourth-order valence-corrected chi connectivity index (χ4v) is 3.68. The van der Waals surface area contributed by atoms with Crippen LogP contribution < -0.4 is 4.74 Å². The molecule has 0 radical (unpaired) electrons. The van der Waals surface area contributed by atoms with E-state index in [4.69, 9.17) is 9.47 Å². The van der Waals surface area contributed by atoms with Crippen LogP contribution in [0.5, 0.6) is 5.75 Å². The van der Waals surface area contributed by atoms with Crippen LogP contribution >= 0.6 is 0 Å². The zero-order chi connectivity index (χ0) is 21.9. The maximum Gasteiger partial charge on any atom is 0.363 e. The number of cyclic esters (lactones) is 1. The van der Waals surface area contributed by atoms with Gasteiger partial charge in [0, 0.05) is 5.56 Å². The van der Waals surface area contributed by atoms with E-state index in [1.165, 1.54) is 5.56 Å². The van der Waals surface area contributed by atoms with Crippen molar-refractivity contribution in [1.82, 2.24) is 0 Å². The van der Waals surface area contributed by atoms with Crippen molar-refractivity contribution in [2.75, 3.05) is 0 Å². The zero-order valence-corrected chi connectivity index (χ0v) is 17.6. The molecule has 4 aromatic carbocycles. The van der Waals surface area contributed by atoms with Gasteiger partial charge in [-0.25, -0.2) is 9.79 Å². The Kier molecular flexibility index (Phi) is 5.26. The lowest BCUT2D eigenvalue weighted by Crippen LogP contribution is -2.05. The molecule has 0 N–H and O–H groups in total. The second-order valence-electron chi connectivity index (χ2n) is 7.75. The number of aliphatic imine (C=N–C) groups is 1. The third-order valence-corrected chi connectivity index (χ3v) is 5.27. The molecule has 4 aromatic rings. The molecule has 32 heavy (non-hydrogen) atoms. The van der Waals surface area contributed by atoms with E-state index in [2.05, 4.69) is 24.0 Å². The summed E-state index contributed by atoms with van der Waals surface area (Å²) in [5.74, 6) is 0.587. The molecule has 0 amide bonds. The molecule has 0 spiro atoms. The maximum absolute atomic E-state index is 12.4. The average molecular weight is 419 g/mol. The predicted octanol–water partition coefficient (Wildman–Crippen LogP) is 6.07. The standard InChI is InChI=1S/C28H21NO3/c1-19-6-4-8-21(14-19)18-31-25-11-5-7-20(15-25)16-26-28(30)32-27(29-26)24-13-12-22-9-2-3-10-23(22)17-24/h2-17H,18H2,1H3/b26-16-. The van der Waals surface area contributed by atoms with Crippen LogP contribution in [0.2, 0.25) is 0 Å². The van der Waals surface area contributed by atoms with Crippen LogP contribution in [0.1, 0.15) is 22.3 Å². The Labute approximate surface area is 186 Å². The second kappa shape index (κ2) is 8.52. The van der Waals surface area contributed by atoms with Crippen molar-refractivity contribution in [3.8, 4) is 5.75 Å². The third-order valence-electron chi connectivity index (χ3n) is 5.27. The lowest BCUT2D eigenvalue weighted by Gasteiger charge is -2.07. The van der Waals surface area contributed by atoms with Crippen LogP contribution in [-0.2, 0) is 16.1 Å². The number of benzene rings is 4. The van der Waals surface area contributed by atoms with Gasteiger partial charge in [-0.15, -0.1) is 0 Å². The minimum Gasteiger partial charge on any atom is -0.489 e. The smallest absolute Gasteiger partial charge is 0.363 e. The molecule has 0 aliphatic carbocycles. The normalized spacial score (nSPS) is 14.5. The first kappa shape index (κ1) is 19.8. The summed E-state index contributed by atoms with van der Waals surface area (Å²) in [6, 6.07) is 29.7. The minimum atomic E-state index is -0.459. The highest BCUT2D eigenvalue weighted by Gasteiger charge is 2.24. The fraction of sp³-hybridized carbons (Fsp3) is 0.0714. The summed E-state index contributed by atoms with van der Waals surface area (Å²) in [6.07, 6.45) is 1.72. The summed E-state index contributed by atoms with van der Waals surface area (Å²) >= 11 is 0. The Morgan fingerprint density at radius 1 is 0.875 bits per heavy atom. The summed E-state index contributed by atoms with van der Waals surface area (Å²) in [5.41, 5.74) is 4.17. The van der Waals surface area contributed by atoms with Crippen molar-refractivity contribution in [1.29, 1.82) is 0 Å². The van der Waals surface area contributed by atoms with E-state index >= 15 is 0 Å². The number of carbonyl (C=O) groups excluding carboxylic acids is 1. The van der Waals surface area contributed by atoms with Gasteiger partial charge in [0.15, 0.2) is 5.70 Å². The average Bonchev–Trinajstić information content (AvgIpc) is 3.18. The number of rotatable bonds is 5. The molecule has 1 aliphatic heterocycles. The number of nitrogens with zero attached hydrogens (tertiary/aromatic N) is 1. The number of carbonyl (C=O) groups is 1. The molecule has 0 saturated carbocycles. The van der Waals surface area contributed by atoms with Gasteiger partial charge in [-0.2, -0.15) is 0 Å². The molecule has 0 aromatic heterocycles. The van der Waals surface area contributed by atoms with Crippen molar-refractivity contribution >= 4 is 28.7 Å². The van der Waals surface area contributed by atoms with Crippen LogP contribution in [0.3, 0.4) is 0 Å². The van der Waals surface area contributed by atoms with E-state index in [-0.39, 0.29) is 5.70 Å². The quantitative estimate of drug-likeness (QED) is 0.291. The molecule has 1 heterocycles. The molecule has 4 heteroatoms. The fourth-order valence-electron chi connectivity index (χ4n) is 3.68. The number of esters is 1. The van der Waals surface area contributed by atoms with Crippen molar-refractivity contribution < 1.29 is 14.3 Å². The van der Waals surface area contributed by atoms with Gasteiger partial charge >= 0.3 is 5.97 Å². The molecule has 0 atom stereocenters. The maximum atomic E-state index is 12.4. The van der Waals surface area contributed by atoms with Crippen LogP contribution in [0.25, 0.3) is 16.8 Å².